The van der Waals surface area contributed by atoms with E-state index in [4.69, 9.17) is 25.3 Å². The third-order valence-electron chi connectivity index (χ3n) is 5.54. The highest BCUT2D eigenvalue weighted by Crippen LogP contribution is 2.30. The second kappa shape index (κ2) is 9.64. The molecule has 4 aromatic rings. The van der Waals surface area contributed by atoms with E-state index in [1.165, 1.54) is 0 Å². The first-order chi connectivity index (χ1) is 16.6. The molecule has 0 atom stereocenters. The van der Waals surface area contributed by atoms with Gasteiger partial charge < -0.3 is 18.6 Å². The molecule has 0 N–H and O–H groups in total. The number of carbonyl (C=O) groups is 1. The van der Waals surface area contributed by atoms with Gasteiger partial charge in [0.2, 0.25) is 29.4 Å². The molecule has 1 aliphatic carbocycles. The van der Waals surface area contributed by atoms with Gasteiger partial charge in [-0.05, 0) is 61.4 Å². The van der Waals surface area contributed by atoms with Gasteiger partial charge in [-0.3, -0.25) is 4.79 Å². The van der Waals surface area contributed by atoms with Crippen molar-refractivity contribution in [3.05, 3.63) is 65.3 Å². The van der Waals surface area contributed by atoms with Gasteiger partial charge in [0, 0.05) is 35.0 Å². The quantitative estimate of drug-likeness (QED) is 0.343. The molecular weight excluding hydrogens is 458 g/mol. The topological polar surface area (TPSA) is 107 Å². The van der Waals surface area contributed by atoms with Gasteiger partial charge in [0.25, 0.3) is 0 Å². The Morgan fingerprint density at radius 1 is 1.06 bits per heavy atom. The molecule has 1 amide bonds. The highest BCUT2D eigenvalue weighted by atomic mass is 35.5. The molecule has 0 bridgehead atoms. The molecule has 2 aromatic heterocycles. The zero-order chi connectivity index (χ0) is 23.5. The van der Waals surface area contributed by atoms with E-state index < -0.39 is 0 Å². The Kier molecular flexibility index (Phi) is 6.27. The number of aryl methyl sites for hydroxylation is 1. The minimum Gasteiger partial charge on any atom is -0.497 e. The molecule has 34 heavy (non-hydrogen) atoms. The van der Waals surface area contributed by atoms with Crippen molar-refractivity contribution >= 4 is 17.5 Å². The molecule has 0 saturated heterocycles. The summed E-state index contributed by atoms with van der Waals surface area (Å²) in [5, 5.41) is 12.9. The van der Waals surface area contributed by atoms with Gasteiger partial charge >= 0.3 is 0 Å². The number of hydrogen-bond donors (Lipinski definition) is 0. The molecule has 1 saturated carbocycles. The van der Waals surface area contributed by atoms with Crippen molar-refractivity contribution in [1.29, 1.82) is 0 Å². The zero-order valence-electron chi connectivity index (χ0n) is 18.5. The molecule has 0 spiro atoms. The maximum Gasteiger partial charge on any atom is 0.247 e. The summed E-state index contributed by atoms with van der Waals surface area (Å²) in [4.78, 5) is 19.2. The summed E-state index contributed by atoms with van der Waals surface area (Å²) in [5.74, 6) is 2.41. The largest absolute Gasteiger partial charge is 0.497 e. The normalized spacial score (nSPS) is 13.1. The lowest BCUT2D eigenvalue weighted by molar-refractivity contribution is -0.132. The summed E-state index contributed by atoms with van der Waals surface area (Å²) < 4.78 is 16.3. The first-order valence-corrected chi connectivity index (χ1v) is 11.3. The highest BCUT2D eigenvalue weighted by Gasteiger charge is 2.33. The van der Waals surface area contributed by atoms with Crippen molar-refractivity contribution < 1.29 is 18.5 Å². The molecule has 1 fully saturated rings. The van der Waals surface area contributed by atoms with Crippen molar-refractivity contribution in [2.45, 2.75) is 38.3 Å². The number of halogens is 1. The van der Waals surface area contributed by atoms with Crippen LogP contribution in [0.5, 0.6) is 5.75 Å². The minimum absolute atomic E-state index is 0.0158. The predicted octanol–water partition coefficient (Wildman–Crippen LogP) is 4.57. The van der Waals surface area contributed by atoms with Crippen LogP contribution >= 0.6 is 11.6 Å². The van der Waals surface area contributed by atoms with E-state index in [9.17, 15) is 4.79 Å². The molecular formula is C24H22ClN5O4. The summed E-state index contributed by atoms with van der Waals surface area (Å²) in [5.41, 5.74) is 1.59. The molecule has 174 valence electrons. The Bertz CT molecular complexity index is 1270. The third-order valence-corrected chi connectivity index (χ3v) is 5.79. The van der Waals surface area contributed by atoms with Crippen molar-refractivity contribution in [1.82, 2.24) is 25.2 Å². The van der Waals surface area contributed by atoms with Crippen LogP contribution in [-0.4, -0.2) is 44.3 Å². The number of rotatable bonds is 9. The molecule has 0 radical (unpaired) electrons. The van der Waals surface area contributed by atoms with E-state index in [1.54, 1.807) is 24.1 Å². The first kappa shape index (κ1) is 22.1. The monoisotopic (exact) mass is 479 g/mol. The van der Waals surface area contributed by atoms with Crippen LogP contribution in [0.2, 0.25) is 5.02 Å². The lowest BCUT2D eigenvalue weighted by Gasteiger charge is -2.20. The molecule has 5 rings (SSSR count). The van der Waals surface area contributed by atoms with Crippen molar-refractivity contribution in [3.63, 3.8) is 0 Å². The molecule has 0 unspecified atom stereocenters. The van der Waals surface area contributed by atoms with Gasteiger partial charge in [0.05, 0.1) is 13.7 Å². The lowest BCUT2D eigenvalue weighted by Crippen LogP contribution is -2.32. The average Bonchev–Trinajstić information content (AvgIpc) is 3.40. The number of nitrogens with zero attached hydrogens (tertiary/aromatic N) is 5. The van der Waals surface area contributed by atoms with Crippen LogP contribution in [0.15, 0.2) is 57.5 Å². The summed E-state index contributed by atoms with van der Waals surface area (Å²) in [6, 6.07) is 14.7. The SMILES string of the molecule is COc1ccc(-c2noc(CCC(=O)N(Cc3nnc(-c4ccc(Cl)cc4)o3)C3CC3)n2)cc1. The molecule has 2 heterocycles. The Hall–Kier alpha value is -3.72. The number of aromatic nitrogens is 4. The van der Waals surface area contributed by atoms with Gasteiger partial charge in [-0.25, -0.2) is 0 Å². The van der Waals surface area contributed by atoms with Crippen molar-refractivity contribution in [2.75, 3.05) is 7.11 Å². The molecule has 10 heteroatoms. The van der Waals surface area contributed by atoms with Gasteiger partial charge in [0.15, 0.2) is 0 Å². The fraction of sp³-hybridized carbons (Fsp3) is 0.292. The first-order valence-electron chi connectivity index (χ1n) is 10.9. The van der Waals surface area contributed by atoms with Crippen LogP contribution in [0.25, 0.3) is 22.8 Å². The van der Waals surface area contributed by atoms with E-state index >= 15 is 0 Å². The van der Waals surface area contributed by atoms with E-state index in [-0.39, 0.29) is 24.9 Å². The van der Waals surface area contributed by atoms with Crippen LogP contribution in [-0.2, 0) is 17.8 Å². The maximum absolute atomic E-state index is 13.0. The second-order valence-electron chi connectivity index (χ2n) is 8.00. The second-order valence-corrected chi connectivity index (χ2v) is 8.44. The fourth-order valence-corrected chi connectivity index (χ4v) is 3.68. The average molecular weight is 480 g/mol. The number of carbonyl (C=O) groups excluding carboxylic acids is 1. The number of methoxy groups -OCH3 is 1. The fourth-order valence-electron chi connectivity index (χ4n) is 3.55. The van der Waals surface area contributed by atoms with Crippen LogP contribution in [0.4, 0.5) is 0 Å². The zero-order valence-corrected chi connectivity index (χ0v) is 19.2. The lowest BCUT2D eigenvalue weighted by atomic mass is 10.2. The van der Waals surface area contributed by atoms with Gasteiger partial charge in [-0.1, -0.05) is 16.8 Å². The number of hydrogen-bond acceptors (Lipinski definition) is 8. The summed E-state index contributed by atoms with van der Waals surface area (Å²) in [7, 11) is 1.61. The number of amides is 1. The Morgan fingerprint density at radius 3 is 2.50 bits per heavy atom. The predicted molar refractivity (Wildman–Crippen MR) is 123 cm³/mol. The van der Waals surface area contributed by atoms with Crippen molar-refractivity contribution in [3.8, 4) is 28.6 Å². The summed E-state index contributed by atoms with van der Waals surface area (Å²) in [6.07, 6.45) is 2.53. The van der Waals surface area contributed by atoms with Crippen molar-refractivity contribution in [2.24, 2.45) is 0 Å². The van der Waals surface area contributed by atoms with E-state index in [2.05, 4.69) is 20.3 Å². The highest BCUT2D eigenvalue weighted by molar-refractivity contribution is 6.30. The van der Waals surface area contributed by atoms with E-state index in [1.807, 2.05) is 36.4 Å². The van der Waals surface area contributed by atoms with Gasteiger partial charge in [-0.2, -0.15) is 4.98 Å². The van der Waals surface area contributed by atoms with Crippen LogP contribution in [0, 0.1) is 0 Å². The number of benzene rings is 2. The van der Waals surface area contributed by atoms with Gasteiger partial charge in [0.1, 0.15) is 5.75 Å². The molecule has 1 aliphatic rings. The standard InChI is InChI=1S/C24H22ClN5O4/c1-32-19-10-4-15(5-11-19)23-26-20(34-29-23)12-13-22(31)30(18-8-9-18)14-21-27-28-24(33-21)16-2-6-17(25)7-3-16/h2-7,10-11,18H,8-9,12-14H2,1H3. The van der Waals surface area contributed by atoms with Crippen LogP contribution < -0.4 is 4.74 Å². The minimum atomic E-state index is -0.0158. The molecule has 2 aromatic carbocycles. The smallest absolute Gasteiger partial charge is 0.247 e. The third kappa shape index (κ3) is 5.09. The van der Waals surface area contributed by atoms with Crippen LogP contribution in [0.1, 0.15) is 31.0 Å². The molecule has 9 nitrogen and oxygen atoms in total. The number of ether oxygens (including phenoxy) is 1. The van der Waals surface area contributed by atoms with Crippen LogP contribution in [0.3, 0.4) is 0 Å². The Labute approximate surface area is 200 Å². The Balaban J connectivity index is 1.20. The maximum atomic E-state index is 13.0. The Morgan fingerprint density at radius 2 is 1.79 bits per heavy atom. The van der Waals surface area contributed by atoms with E-state index in [0.717, 1.165) is 29.7 Å². The molecule has 0 aliphatic heterocycles. The van der Waals surface area contributed by atoms with Gasteiger partial charge in [-0.15, -0.1) is 10.2 Å². The summed E-state index contributed by atoms with van der Waals surface area (Å²) >= 11 is 5.94. The van der Waals surface area contributed by atoms with E-state index in [0.29, 0.717) is 34.9 Å². The summed E-state index contributed by atoms with van der Waals surface area (Å²) in [6.45, 7) is 0.269.